The maximum atomic E-state index is 13.7. The highest BCUT2D eigenvalue weighted by atomic mass is 19.1. The molecule has 1 rings (SSSR count). The minimum absolute atomic E-state index is 0.0164. The predicted molar refractivity (Wildman–Crippen MR) is 78.7 cm³/mol. The summed E-state index contributed by atoms with van der Waals surface area (Å²) in [4.78, 5) is 12.0. The molecular weight excluding hydrogens is 255 g/mol. The standard InChI is InChI=1S/C16H21FN2O/c1-16(2,3)8-10-19-15(20)13-11-12(5-4-9-18)6-7-14(13)17/h6-7,11H,8-10,18H2,1-3H3,(H,19,20). The van der Waals surface area contributed by atoms with E-state index in [1.807, 2.05) is 0 Å². The first kappa shape index (κ1) is 16.2. The topological polar surface area (TPSA) is 55.1 Å². The summed E-state index contributed by atoms with van der Waals surface area (Å²) in [6.45, 7) is 7.00. The van der Waals surface area contributed by atoms with Gasteiger partial charge in [0.05, 0.1) is 12.1 Å². The molecule has 108 valence electrons. The number of hydrogen-bond acceptors (Lipinski definition) is 2. The zero-order valence-corrected chi connectivity index (χ0v) is 12.2. The van der Waals surface area contributed by atoms with Crippen molar-refractivity contribution in [3.8, 4) is 11.8 Å². The lowest BCUT2D eigenvalue weighted by molar-refractivity contribution is 0.0945. The van der Waals surface area contributed by atoms with Crippen molar-refractivity contribution in [1.82, 2.24) is 5.32 Å². The molecule has 0 bridgehead atoms. The van der Waals surface area contributed by atoms with Crippen molar-refractivity contribution in [1.29, 1.82) is 0 Å². The molecule has 0 aliphatic carbocycles. The molecule has 3 N–H and O–H groups in total. The molecule has 3 nitrogen and oxygen atoms in total. The fourth-order valence-electron chi connectivity index (χ4n) is 1.58. The largest absolute Gasteiger partial charge is 0.352 e. The van der Waals surface area contributed by atoms with Crippen LogP contribution in [0.4, 0.5) is 4.39 Å². The third-order valence-electron chi connectivity index (χ3n) is 2.71. The van der Waals surface area contributed by atoms with Crippen LogP contribution in [0.5, 0.6) is 0 Å². The van der Waals surface area contributed by atoms with E-state index in [9.17, 15) is 9.18 Å². The van der Waals surface area contributed by atoms with Crippen LogP contribution in [-0.2, 0) is 0 Å². The van der Waals surface area contributed by atoms with Crippen molar-refractivity contribution in [3.63, 3.8) is 0 Å². The van der Waals surface area contributed by atoms with Gasteiger partial charge in [-0.25, -0.2) is 4.39 Å². The van der Waals surface area contributed by atoms with Crippen LogP contribution in [0.15, 0.2) is 18.2 Å². The summed E-state index contributed by atoms with van der Waals surface area (Å²) < 4.78 is 13.7. The van der Waals surface area contributed by atoms with Crippen LogP contribution in [0.25, 0.3) is 0 Å². The van der Waals surface area contributed by atoms with Gasteiger partial charge < -0.3 is 11.1 Å². The number of halogens is 1. The summed E-state index contributed by atoms with van der Waals surface area (Å²) in [6, 6.07) is 4.23. The highest BCUT2D eigenvalue weighted by molar-refractivity contribution is 5.94. The fourth-order valence-corrected chi connectivity index (χ4v) is 1.58. The Labute approximate surface area is 119 Å². The first-order chi connectivity index (χ1) is 9.33. The summed E-state index contributed by atoms with van der Waals surface area (Å²) in [5, 5.41) is 2.73. The molecule has 0 atom stereocenters. The van der Waals surface area contributed by atoms with E-state index in [2.05, 4.69) is 37.9 Å². The highest BCUT2D eigenvalue weighted by Crippen LogP contribution is 2.17. The minimum atomic E-state index is -0.545. The van der Waals surface area contributed by atoms with Crippen molar-refractivity contribution < 1.29 is 9.18 Å². The second kappa shape index (κ2) is 7.06. The fraction of sp³-hybridized carbons (Fsp3) is 0.438. The number of amides is 1. The Kier molecular flexibility index (Phi) is 5.72. The summed E-state index contributed by atoms with van der Waals surface area (Å²) in [5.74, 6) is 4.50. The SMILES string of the molecule is CC(C)(C)CCNC(=O)c1cc(C#CCN)ccc1F. The number of benzene rings is 1. The van der Waals surface area contributed by atoms with Crippen LogP contribution in [-0.4, -0.2) is 19.0 Å². The van der Waals surface area contributed by atoms with Crippen LogP contribution in [0.1, 0.15) is 43.1 Å². The molecule has 20 heavy (non-hydrogen) atoms. The maximum absolute atomic E-state index is 13.7. The van der Waals surface area contributed by atoms with Gasteiger partial charge in [0.25, 0.3) is 5.91 Å². The van der Waals surface area contributed by atoms with Gasteiger partial charge in [-0.15, -0.1) is 0 Å². The third-order valence-corrected chi connectivity index (χ3v) is 2.71. The van der Waals surface area contributed by atoms with Gasteiger partial charge in [-0.2, -0.15) is 0 Å². The van der Waals surface area contributed by atoms with Gasteiger partial charge in [0.2, 0.25) is 0 Å². The van der Waals surface area contributed by atoms with Gasteiger partial charge in [-0.3, -0.25) is 4.79 Å². The molecule has 0 radical (unpaired) electrons. The van der Waals surface area contributed by atoms with Gasteiger partial charge in [-0.05, 0) is 30.0 Å². The quantitative estimate of drug-likeness (QED) is 0.832. The number of hydrogen-bond donors (Lipinski definition) is 2. The van der Waals surface area contributed by atoms with Crippen molar-refractivity contribution in [2.75, 3.05) is 13.1 Å². The van der Waals surface area contributed by atoms with Crippen LogP contribution < -0.4 is 11.1 Å². The van der Waals surface area contributed by atoms with Gasteiger partial charge in [0.1, 0.15) is 5.82 Å². The van der Waals surface area contributed by atoms with Crippen molar-refractivity contribution in [3.05, 3.63) is 35.1 Å². The third kappa shape index (κ3) is 5.41. The van der Waals surface area contributed by atoms with Crippen LogP contribution in [0.2, 0.25) is 0 Å². The van der Waals surface area contributed by atoms with Gasteiger partial charge in [0.15, 0.2) is 0 Å². The Morgan fingerprint density at radius 2 is 2.10 bits per heavy atom. The Morgan fingerprint density at radius 3 is 2.70 bits per heavy atom. The number of carbonyl (C=O) groups excluding carboxylic acids is 1. The molecule has 1 aromatic rings. The van der Waals surface area contributed by atoms with E-state index in [4.69, 9.17) is 5.73 Å². The summed E-state index contributed by atoms with van der Waals surface area (Å²) in [7, 11) is 0. The smallest absolute Gasteiger partial charge is 0.254 e. The molecule has 0 spiro atoms. The Hall–Kier alpha value is -1.86. The predicted octanol–water partition coefficient (Wildman–Crippen LogP) is 2.30. The molecule has 0 unspecified atom stereocenters. The lowest BCUT2D eigenvalue weighted by atomic mass is 9.92. The maximum Gasteiger partial charge on any atom is 0.254 e. The van der Waals surface area contributed by atoms with E-state index in [0.717, 1.165) is 6.42 Å². The van der Waals surface area contributed by atoms with Crippen LogP contribution in [0.3, 0.4) is 0 Å². The number of nitrogens with one attached hydrogen (secondary N) is 1. The van der Waals surface area contributed by atoms with E-state index < -0.39 is 11.7 Å². The average molecular weight is 276 g/mol. The van der Waals surface area contributed by atoms with Gasteiger partial charge in [0, 0.05) is 12.1 Å². The summed E-state index contributed by atoms with van der Waals surface area (Å²) >= 11 is 0. The molecule has 0 saturated carbocycles. The molecule has 4 heteroatoms. The summed E-state index contributed by atoms with van der Waals surface area (Å²) in [5.41, 5.74) is 6.01. The first-order valence-corrected chi connectivity index (χ1v) is 6.60. The van der Waals surface area contributed by atoms with E-state index >= 15 is 0 Å². The molecule has 1 aromatic carbocycles. The molecule has 0 aliphatic rings. The Bertz CT molecular complexity index is 536. The monoisotopic (exact) mass is 276 g/mol. The number of carbonyl (C=O) groups is 1. The zero-order chi connectivity index (χ0) is 15.2. The lowest BCUT2D eigenvalue weighted by Gasteiger charge is -2.18. The Morgan fingerprint density at radius 1 is 1.40 bits per heavy atom. The molecule has 0 aromatic heterocycles. The van der Waals surface area contributed by atoms with Crippen molar-refractivity contribution in [2.24, 2.45) is 11.1 Å². The second-order valence-corrected chi connectivity index (χ2v) is 5.77. The van der Waals surface area contributed by atoms with Crippen molar-refractivity contribution in [2.45, 2.75) is 27.2 Å². The molecule has 0 aliphatic heterocycles. The molecule has 0 fully saturated rings. The van der Waals surface area contributed by atoms with E-state index in [1.165, 1.54) is 18.2 Å². The van der Waals surface area contributed by atoms with Crippen LogP contribution >= 0.6 is 0 Å². The molecule has 0 saturated heterocycles. The normalized spacial score (nSPS) is 10.7. The molecular formula is C16H21FN2O. The highest BCUT2D eigenvalue weighted by Gasteiger charge is 2.14. The number of rotatable bonds is 3. The molecule has 0 heterocycles. The average Bonchev–Trinajstić information content (AvgIpc) is 2.36. The van der Waals surface area contributed by atoms with Gasteiger partial charge >= 0.3 is 0 Å². The number of nitrogens with two attached hydrogens (primary N) is 1. The van der Waals surface area contributed by atoms with Crippen molar-refractivity contribution >= 4 is 5.91 Å². The van der Waals surface area contributed by atoms with E-state index in [1.54, 1.807) is 0 Å². The molecule has 1 amide bonds. The summed E-state index contributed by atoms with van der Waals surface area (Å²) in [6.07, 6.45) is 0.826. The first-order valence-electron chi connectivity index (χ1n) is 6.60. The second-order valence-electron chi connectivity index (χ2n) is 5.77. The minimum Gasteiger partial charge on any atom is -0.352 e. The van der Waals surface area contributed by atoms with E-state index in [0.29, 0.717) is 12.1 Å². The van der Waals surface area contributed by atoms with E-state index in [-0.39, 0.29) is 17.5 Å². The van der Waals surface area contributed by atoms with Gasteiger partial charge in [-0.1, -0.05) is 32.6 Å². The lowest BCUT2D eigenvalue weighted by Crippen LogP contribution is -2.28. The van der Waals surface area contributed by atoms with Crippen LogP contribution in [0, 0.1) is 23.1 Å². The Balaban J connectivity index is 2.76. The zero-order valence-electron chi connectivity index (χ0n) is 12.2.